The van der Waals surface area contributed by atoms with Crippen LogP contribution in [0.5, 0.6) is 11.5 Å². The third kappa shape index (κ3) is 4.24. The number of amides is 1. The van der Waals surface area contributed by atoms with E-state index in [4.69, 9.17) is 21.1 Å². The Hall–Kier alpha value is -2.25. The van der Waals surface area contributed by atoms with Crippen molar-refractivity contribution in [1.82, 2.24) is 15.1 Å². The van der Waals surface area contributed by atoms with Crippen molar-refractivity contribution < 1.29 is 19.4 Å². The van der Waals surface area contributed by atoms with Crippen molar-refractivity contribution in [3.8, 4) is 11.5 Å². The molecule has 1 aliphatic rings. The van der Waals surface area contributed by atoms with E-state index in [2.05, 4.69) is 10.2 Å². The molecule has 2 heterocycles. The maximum Gasteiger partial charge on any atom is 0.274 e. The number of carbonyl (C=O) groups excluding carboxylic acids is 1. The lowest BCUT2D eigenvalue weighted by Crippen LogP contribution is -2.40. The Balaban J connectivity index is 1.59. The molecule has 2 aromatic rings. The summed E-state index contributed by atoms with van der Waals surface area (Å²) >= 11 is 6.13. The quantitative estimate of drug-likeness (QED) is 0.848. The number of methoxy groups -OCH3 is 1. The molecule has 25 heavy (non-hydrogen) atoms. The first-order valence-electron chi connectivity index (χ1n) is 8.05. The summed E-state index contributed by atoms with van der Waals surface area (Å²) in [7, 11) is 1.57. The largest absolute Gasteiger partial charge is 0.497 e. The lowest BCUT2D eigenvalue weighted by molar-refractivity contribution is 0.0541. The van der Waals surface area contributed by atoms with Gasteiger partial charge in [-0.05, 0) is 31.0 Å². The molecule has 8 heteroatoms. The van der Waals surface area contributed by atoms with E-state index in [9.17, 15) is 9.90 Å². The van der Waals surface area contributed by atoms with E-state index in [1.54, 1.807) is 36.3 Å². The molecular weight excluding hydrogens is 346 g/mol. The van der Waals surface area contributed by atoms with Crippen LogP contribution in [0.4, 0.5) is 0 Å². The summed E-state index contributed by atoms with van der Waals surface area (Å²) in [6.45, 7) is 1.30. The number of H-pyrrole nitrogens is 1. The molecule has 1 amide bonds. The summed E-state index contributed by atoms with van der Waals surface area (Å²) in [6.07, 6.45) is 0.880. The first-order valence-corrected chi connectivity index (χ1v) is 8.42. The fourth-order valence-corrected chi connectivity index (χ4v) is 2.88. The number of rotatable bonds is 5. The van der Waals surface area contributed by atoms with Crippen molar-refractivity contribution in [1.29, 1.82) is 0 Å². The van der Waals surface area contributed by atoms with E-state index >= 15 is 0 Å². The molecule has 0 atom stereocenters. The Morgan fingerprint density at radius 3 is 2.84 bits per heavy atom. The monoisotopic (exact) mass is 365 g/mol. The number of aromatic amines is 1. The van der Waals surface area contributed by atoms with E-state index in [1.807, 2.05) is 0 Å². The molecule has 0 bridgehead atoms. The highest BCUT2D eigenvalue weighted by Crippen LogP contribution is 2.29. The molecule has 1 aliphatic heterocycles. The number of nitrogens with one attached hydrogen (secondary N) is 1. The molecule has 1 aromatic carbocycles. The highest BCUT2D eigenvalue weighted by Gasteiger charge is 2.24. The van der Waals surface area contributed by atoms with Gasteiger partial charge in [0.25, 0.3) is 5.91 Å². The van der Waals surface area contributed by atoms with Gasteiger partial charge in [0.15, 0.2) is 5.69 Å². The molecule has 1 saturated heterocycles. The molecule has 0 spiro atoms. The van der Waals surface area contributed by atoms with Gasteiger partial charge in [0.1, 0.15) is 18.1 Å². The zero-order valence-electron chi connectivity index (χ0n) is 13.9. The Kier molecular flexibility index (Phi) is 5.45. The number of piperidine rings is 1. The summed E-state index contributed by atoms with van der Waals surface area (Å²) < 4.78 is 10.8. The summed E-state index contributed by atoms with van der Waals surface area (Å²) in [5.41, 5.74) is 1.02. The van der Waals surface area contributed by atoms with Crippen LogP contribution < -0.4 is 9.47 Å². The third-order valence-electron chi connectivity index (χ3n) is 4.12. The molecule has 1 fully saturated rings. The lowest BCUT2D eigenvalue weighted by atomic mass is 10.1. The predicted octanol–water partition coefficient (Wildman–Crippen LogP) is 2.25. The number of nitrogens with zero attached hydrogens (tertiary/aromatic N) is 2. The lowest BCUT2D eigenvalue weighted by Gasteiger charge is -2.28. The number of aliphatic hydroxyl groups excluding tert-OH is 1. The number of carbonyl (C=O) groups is 1. The third-order valence-corrected chi connectivity index (χ3v) is 4.42. The molecule has 2 N–H and O–H groups in total. The summed E-state index contributed by atoms with van der Waals surface area (Å²) in [5.74, 6) is 1.03. The van der Waals surface area contributed by atoms with Gasteiger partial charge in [0.2, 0.25) is 0 Å². The topological polar surface area (TPSA) is 87.7 Å². The van der Waals surface area contributed by atoms with Gasteiger partial charge in [-0.25, -0.2) is 0 Å². The van der Waals surface area contributed by atoms with Crippen molar-refractivity contribution in [3.63, 3.8) is 0 Å². The molecule has 7 nitrogen and oxygen atoms in total. The summed E-state index contributed by atoms with van der Waals surface area (Å²) in [6, 6.07) is 6.82. The molecule has 0 unspecified atom stereocenters. The van der Waals surface area contributed by atoms with Crippen LogP contribution in [0.3, 0.4) is 0 Å². The molecule has 1 aromatic heterocycles. The van der Waals surface area contributed by atoms with Gasteiger partial charge in [-0.1, -0.05) is 11.6 Å². The smallest absolute Gasteiger partial charge is 0.274 e. The molecule has 134 valence electrons. The van der Waals surface area contributed by atoms with Crippen LogP contribution in [-0.2, 0) is 6.61 Å². The van der Waals surface area contributed by atoms with Crippen molar-refractivity contribution in [2.24, 2.45) is 0 Å². The van der Waals surface area contributed by atoms with E-state index < -0.39 is 0 Å². The Labute approximate surface area is 150 Å². The minimum atomic E-state index is -0.318. The van der Waals surface area contributed by atoms with Gasteiger partial charge in [-0.15, -0.1) is 0 Å². The number of halogens is 1. The number of benzene rings is 1. The van der Waals surface area contributed by atoms with Crippen LogP contribution in [0.15, 0.2) is 24.3 Å². The number of aromatic nitrogens is 2. The van der Waals surface area contributed by atoms with Crippen LogP contribution in [-0.4, -0.2) is 52.4 Å². The van der Waals surface area contributed by atoms with Crippen molar-refractivity contribution >= 4 is 17.5 Å². The molecule has 0 radical (unpaired) electrons. The fraction of sp³-hybridized carbons (Fsp3) is 0.412. The predicted molar refractivity (Wildman–Crippen MR) is 92.1 cm³/mol. The van der Waals surface area contributed by atoms with Crippen LogP contribution in [0, 0.1) is 0 Å². The number of hydrogen-bond donors (Lipinski definition) is 2. The number of ether oxygens (including phenoxy) is 2. The average molecular weight is 366 g/mol. The minimum Gasteiger partial charge on any atom is -0.497 e. The summed E-state index contributed by atoms with van der Waals surface area (Å²) in [4.78, 5) is 14.1. The Morgan fingerprint density at radius 2 is 2.16 bits per heavy atom. The maximum absolute atomic E-state index is 12.4. The first-order chi connectivity index (χ1) is 12.1. The zero-order chi connectivity index (χ0) is 17.8. The van der Waals surface area contributed by atoms with Crippen molar-refractivity contribution in [2.75, 3.05) is 20.2 Å². The average Bonchev–Trinajstić information content (AvgIpc) is 3.09. The highest BCUT2D eigenvalue weighted by atomic mass is 35.5. The first kappa shape index (κ1) is 17.6. The van der Waals surface area contributed by atoms with Crippen LogP contribution in [0.2, 0.25) is 5.02 Å². The van der Waals surface area contributed by atoms with Crippen molar-refractivity contribution in [3.05, 3.63) is 40.7 Å². The number of likely N-dealkylation sites (tertiary alicyclic amines) is 1. The van der Waals surface area contributed by atoms with Gasteiger partial charge in [0.05, 0.1) is 23.9 Å². The van der Waals surface area contributed by atoms with Gasteiger partial charge in [0, 0.05) is 19.2 Å². The molecule has 3 rings (SSSR count). The van der Waals surface area contributed by atoms with Crippen LogP contribution in [0.1, 0.15) is 29.0 Å². The normalized spacial score (nSPS) is 15.2. The van der Waals surface area contributed by atoms with E-state index in [-0.39, 0.29) is 18.6 Å². The highest BCUT2D eigenvalue weighted by molar-refractivity contribution is 6.32. The second kappa shape index (κ2) is 7.76. The minimum absolute atomic E-state index is 0.142. The van der Waals surface area contributed by atoms with Gasteiger partial charge in [-0.2, -0.15) is 5.10 Å². The van der Waals surface area contributed by atoms with Gasteiger partial charge in [-0.3, -0.25) is 9.89 Å². The van der Waals surface area contributed by atoms with E-state index in [1.165, 1.54) is 0 Å². The van der Waals surface area contributed by atoms with Gasteiger partial charge >= 0.3 is 0 Å². The Morgan fingerprint density at radius 1 is 1.40 bits per heavy atom. The molecule has 0 saturated carbocycles. The van der Waals surface area contributed by atoms with E-state index in [0.29, 0.717) is 53.8 Å². The van der Waals surface area contributed by atoms with Crippen molar-refractivity contribution in [2.45, 2.75) is 25.6 Å². The fourth-order valence-electron chi connectivity index (χ4n) is 2.66. The SMILES string of the molecule is COc1ccc(OCc2cc(C(=O)N3CCC(O)CC3)n[nH]2)c(Cl)c1. The van der Waals surface area contributed by atoms with Crippen LogP contribution in [0.25, 0.3) is 0 Å². The van der Waals surface area contributed by atoms with Crippen LogP contribution >= 0.6 is 11.6 Å². The number of aliphatic hydroxyl groups is 1. The zero-order valence-corrected chi connectivity index (χ0v) is 14.6. The maximum atomic E-state index is 12.4. The Bertz CT molecular complexity index is 741. The van der Waals surface area contributed by atoms with Gasteiger partial charge < -0.3 is 19.5 Å². The number of hydrogen-bond acceptors (Lipinski definition) is 5. The summed E-state index contributed by atoms with van der Waals surface area (Å²) in [5, 5.41) is 16.8. The van der Waals surface area contributed by atoms with E-state index in [0.717, 1.165) is 0 Å². The second-order valence-electron chi connectivity index (χ2n) is 5.89. The molecular formula is C17H20ClN3O4. The standard InChI is InChI=1S/C17H20ClN3O4/c1-24-13-2-3-16(14(18)9-13)25-10-11-8-15(20-19-11)17(23)21-6-4-12(22)5-7-21/h2-3,8-9,12,22H,4-7,10H2,1H3,(H,19,20). The molecule has 0 aliphatic carbocycles. The second-order valence-corrected chi connectivity index (χ2v) is 6.29.